The van der Waals surface area contributed by atoms with Crippen LogP contribution in [0.5, 0.6) is 5.75 Å². The number of methoxy groups -OCH3 is 1. The standard InChI is InChI=1S/C15H17BrClNOS/c1-4-18-15(14-8-12(16)9(2)20-14)11-6-5-10(17)7-13(11)19-3/h5-8,15,18H,4H2,1-3H3. The lowest BCUT2D eigenvalue weighted by molar-refractivity contribution is 0.405. The molecule has 2 aromatic rings. The monoisotopic (exact) mass is 373 g/mol. The van der Waals surface area contributed by atoms with Crippen LogP contribution in [0.25, 0.3) is 0 Å². The van der Waals surface area contributed by atoms with Gasteiger partial charge in [-0.3, -0.25) is 0 Å². The highest BCUT2D eigenvalue weighted by Crippen LogP contribution is 2.37. The molecular formula is C15H17BrClNOS. The molecule has 1 unspecified atom stereocenters. The van der Waals surface area contributed by atoms with Gasteiger partial charge >= 0.3 is 0 Å². The van der Waals surface area contributed by atoms with Crippen LogP contribution in [-0.2, 0) is 0 Å². The molecule has 1 atom stereocenters. The van der Waals surface area contributed by atoms with Crippen molar-refractivity contribution in [3.05, 3.63) is 49.1 Å². The smallest absolute Gasteiger partial charge is 0.125 e. The van der Waals surface area contributed by atoms with E-state index in [0.717, 1.165) is 22.3 Å². The maximum Gasteiger partial charge on any atom is 0.125 e. The van der Waals surface area contributed by atoms with E-state index in [1.54, 1.807) is 18.4 Å². The minimum absolute atomic E-state index is 0.113. The molecule has 1 aromatic heterocycles. The summed E-state index contributed by atoms with van der Waals surface area (Å²) in [5.74, 6) is 0.811. The van der Waals surface area contributed by atoms with Crippen LogP contribution >= 0.6 is 38.9 Å². The van der Waals surface area contributed by atoms with E-state index in [2.05, 4.69) is 41.2 Å². The SMILES string of the molecule is CCNC(c1cc(Br)c(C)s1)c1ccc(Cl)cc1OC. The van der Waals surface area contributed by atoms with Gasteiger partial charge < -0.3 is 10.1 Å². The lowest BCUT2D eigenvalue weighted by Crippen LogP contribution is -2.21. The van der Waals surface area contributed by atoms with Crippen LogP contribution in [0.3, 0.4) is 0 Å². The first kappa shape index (κ1) is 15.8. The molecule has 0 amide bonds. The highest BCUT2D eigenvalue weighted by molar-refractivity contribution is 9.10. The summed E-state index contributed by atoms with van der Waals surface area (Å²) in [5.41, 5.74) is 1.10. The summed E-state index contributed by atoms with van der Waals surface area (Å²) in [4.78, 5) is 2.53. The molecule has 0 spiro atoms. The minimum Gasteiger partial charge on any atom is -0.496 e. The van der Waals surface area contributed by atoms with Crippen LogP contribution in [0, 0.1) is 6.92 Å². The quantitative estimate of drug-likeness (QED) is 0.778. The molecule has 20 heavy (non-hydrogen) atoms. The van der Waals surface area contributed by atoms with E-state index in [1.807, 2.05) is 18.2 Å². The maximum absolute atomic E-state index is 6.05. The van der Waals surface area contributed by atoms with Gasteiger partial charge in [-0.05, 0) is 47.6 Å². The number of ether oxygens (including phenoxy) is 1. The predicted molar refractivity (Wildman–Crippen MR) is 90.3 cm³/mol. The van der Waals surface area contributed by atoms with Crippen LogP contribution < -0.4 is 10.1 Å². The predicted octanol–water partition coefficient (Wildman–Crippen LogP) is 5.18. The lowest BCUT2D eigenvalue weighted by atomic mass is 10.0. The number of rotatable bonds is 5. The van der Waals surface area contributed by atoms with Gasteiger partial charge in [0.15, 0.2) is 0 Å². The Morgan fingerprint density at radius 2 is 2.15 bits per heavy atom. The van der Waals surface area contributed by atoms with Crippen LogP contribution in [0.4, 0.5) is 0 Å². The van der Waals surface area contributed by atoms with Crippen molar-refractivity contribution in [1.29, 1.82) is 0 Å². The number of thiophene rings is 1. The van der Waals surface area contributed by atoms with E-state index in [1.165, 1.54) is 9.75 Å². The Balaban J connectivity index is 2.47. The number of hydrogen-bond acceptors (Lipinski definition) is 3. The zero-order valence-corrected chi connectivity index (χ0v) is 14.8. The Bertz CT molecular complexity index is 580. The van der Waals surface area contributed by atoms with Crippen LogP contribution in [-0.4, -0.2) is 13.7 Å². The van der Waals surface area contributed by atoms with E-state index < -0.39 is 0 Å². The molecule has 0 fully saturated rings. The second-order valence-corrected chi connectivity index (χ2v) is 7.01. The summed E-state index contributed by atoms with van der Waals surface area (Å²) in [6.07, 6.45) is 0. The number of nitrogens with one attached hydrogen (secondary N) is 1. The Kier molecular flexibility index (Phi) is 5.49. The Hall–Kier alpha value is -0.550. The topological polar surface area (TPSA) is 21.3 Å². The van der Waals surface area contributed by atoms with Gasteiger partial charge in [0.2, 0.25) is 0 Å². The Morgan fingerprint density at radius 1 is 1.40 bits per heavy atom. The van der Waals surface area contributed by atoms with Crippen molar-refractivity contribution in [3.63, 3.8) is 0 Å². The van der Waals surface area contributed by atoms with Gasteiger partial charge in [-0.25, -0.2) is 0 Å². The van der Waals surface area contributed by atoms with E-state index in [-0.39, 0.29) is 6.04 Å². The molecular weight excluding hydrogens is 358 g/mol. The first-order valence-corrected chi connectivity index (χ1v) is 8.38. The average Bonchev–Trinajstić information content (AvgIpc) is 2.76. The van der Waals surface area contributed by atoms with Gasteiger partial charge in [0.1, 0.15) is 5.75 Å². The third-order valence-electron chi connectivity index (χ3n) is 3.08. The highest BCUT2D eigenvalue weighted by atomic mass is 79.9. The van der Waals surface area contributed by atoms with Crippen molar-refractivity contribution in [2.45, 2.75) is 19.9 Å². The normalized spacial score (nSPS) is 12.4. The second-order valence-electron chi connectivity index (χ2n) is 4.43. The average molecular weight is 375 g/mol. The molecule has 2 nitrogen and oxygen atoms in total. The molecule has 0 radical (unpaired) electrons. The summed E-state index contributed by atoms with van der Waals surface area (Å²) in [7, 11) is 1.67. The number of benzene rings is 1. The van der Waals surface area contributed by atoms with E-state index in [9.17, 15) is 0 Å². The van der Waals surface area contributed by atoms with Crippen molar-refractivity contribution >= 4 is 38.9 Å². The zero-order valence-electron chi connectivity index (χ0n) is 11.7. The van der Waals surface area contributed by atoms with Gasteiger partial charge in [0, 0.05) is 24.8 Å². The molecule has 108 valence electrons. The van der Waals surface area contributed by atoms with E-state index in [4.69, 9.17) is 16.3 Å². The molecule has 0 aliphatic rings. The molecule has 0 saturated heterocycles. The zero-order chi connectivity index (χ0) is 14.7. The van der Waals surface area contributed by atoms with Gasteiger partial charge in [0.05, 0.1) is 13.2 Å². The summed E-state index contributed by atoms with van der Waals surface area (Å²) < 4.78 is 6.63. The fourth-order valence-corrected chi connectivity index (χ4v) is 3.93. The van der Waals surface area contributed by atoms with Crippen molar-refractivity contribution in [2.24, 2.45) is 0 Å². The summed E-state index contributed by atoms with van der Waals surface area (Å²) in [6, 6.07) is 8.07. The molecule has 0 aliphatic heterocycles. The summed E-state index contributed by atoms with van der Waals surface area (Å²) >= 11 is 11.4. The van der Waals surface area contributed by atoms with Gasteiger partial charge in [-0.15, -0.1) is 11.3 Å². The van der Waals surface area contributed by atoms with Crippen molar-refractivity contribution in [2.75, 3.05) is 13.7 Å². The maximum atomic E-state index is 6.05. The molecule has 5 heteroatoms. The third-order valence-corrected chi connectivity index (χ3v) is 5.51. The first-order chi connectivity index (χ1) is 9.56. The molecule has 1 aromatic carbocycles. The third kappa shape index (κ3) is 3.37. The summed E-state index contributed by atoms with van der Waals surface area (Å²) in [6.45, 7) is 5.09. The minimum atomic E-state index is 0.113. The number of hydrogen-bond donors (Lipinski definition) is 1. The van der Waals surface area contributed by atoms with Crippen molar-refractivity contribution in [3.8, 4) is 5.75 Å². The van der Waals surface area contributed by atoms with Gasteiger partial charge in [-0.1, -0.05) is 24.6 Å². The molecule has 0 aliphatic carbocycles. The van der Waals surface area contributed by atoms with Gasteiger partial charge in [-0.2, -0.15) is 0 Å². The lowest BCUT2D eigenvalue weighted by Gasteiger charge is -2.20. The van der Waals surface area contributed by atoms with Gasteiger partial charge in [0.25, 0.3) is 0 Å². The number of halogens is 2. The fraction of sp³-hybridized carbons (Fsp3) is 0.333. The second kappa shape index (κ2) is 6.94. The largest absolute Gasteiger partial charge is 0.496 e. The fourth-order valence-electron chi connectivity index (χ4n) is 2.12. The van der Waals surface area contributed by atoms with Crippen molar-refractivity contribution in [1.82, 2.24) is 5.32 Å². The Morgan fingerprint density at radius 3 is 2.70 bits per heavy atom. The Labute approximate surface area is 137 Å². The van der Waals surface area contributed by atoms with E-state index in [0.29, 0.717) is 5.02 Å². The van der Waals surface area contributed by atoms with Crippen LogP contribution in [0.2, 0.25) is 5.02 Å². The highest BCUT2D eigenvalue weighted by Gasteiger charge is 2.20. The molecule has 0 bridgehead atoms. The van der Waals surface area contributed by atoms with Crippen molar-refractivity contribution < 1.29 is 4.74 Å². The van der Waals surface area contributed by atoms with Crippen LogP contribution in [0.1, 0.15) is 28.3 Å². The molecule has 0 saturated carbocycles. The van der Waals surface area contributed by atoms with E-state index >= 15 is 0 Å². The molecule has 1 heterocycles. The molecule has 2 rings (SSSR count). The summed E-state index contributed by atoms with van der Waals surface area (Å²) in [5, 5.41) is 4.20. The van der Waals surface area contributed by atoms with Crippen LogP contribution in [0.15, 0.2) is 28.7 Å². The molecule has 1 N–H and O–H groups in total. The first-order valence-electron chi connectivity index (χ1n) is 6.39. The number of aryl methyl sites for hydroxylation is 1.